The Morgan fingerprint density at radius 3 is 3.00 bits per heavy atom. The minimum Gasteiger partial charge on any atom is -0.481 e. The van der Waals surface area contributed by atoms with E-state index in [4.69, 9.17) is 0 Å². The Kier molecular flexibility index (Phi) is 3.36. The lowest BCUT2D eigenvalue weighted by Gasteiger charge is -2.40. The van der Waals surface area contributed by atoms with Gasteiger partial charge in [-0.15, -0.1) is 0 Å². The van der Waals surface area contributed by atoms with E-state index in [0.29, 0.717) is 31.8 Å². The van der Waals surface area contributed by atoms with Crippen LogP contribution in [-0.4, -0.2) is 29.1 Å². The zero-order valence-electron chi connectivity index (χ0n) is 11.4. The van der Waals surface area contributed by atoms with Crippen molar-refractivity contribution >= 4 is 11.8 Å². The molecule has 1 saturated heterocycles. The summed E-state index contributed by atoms with van der Waals surface area (Å²) in [7, 11) is 0. The largest absolute Gasteiger partial charge is 0.481 e. The highest BCUT2D eigenvalue weighted by molar-refractivity contribution is 5.76. The molecule has 0 unspecified atom stereocenters. The number of halogens is 1. The first kappa shape index (κ1) is 13.3. The summed E-state index contributed by atoms with van der Waals surface area (Å²) in [5, 5.41) is 9.66. The average molecular weight is 278 g/mol. The molecular formula is C15H19FN2O2. The van der Waals surface area contributed by atoms with Crippen LogP contribution < -0.4 is 4.90 Å². The van der Waals surface area contributed by atoms with Gasteiger partial charge in [0.1, 0.15) is 0 Å². The minimum absolute atomic E-state index is 0.286. The van der Waals surface area contributed by atoms with Crippen molar-refractivity contribution < 1.29 is 14.3 Å². The highest BCUT2D eigenvalue weighted by Gasteiger charge is 2.46. The predicted molar refractivity (Wildman–Crippen MR) is 73.1 cm³/mol. The SMILES string of the molecule is O=C(O)[C@@]1(CC2CC2)CCCN(c2ncccc2F)C1. The van der Waals surface area contributed by atoms with Gasteiger partial charge in [0, 0.05) is 19.3 Å². The molecular weight excluding hydrogens is 259 g/mol. The van der Waals surface area contributed by atoms with E-state index in [9.17, 15) is 14.3 Å². The molecule has 4 nitrogen and oxygen atoms in total. The first-order valence-corrected chi connectivity index (χ1v) is 7.20. The van der Waals surface area contributed by atoms with E-state index in [1.54, 1.807) is 17.2 Å². The Hall–Kier alpha value is -1.65. The molecule has 20 heavy (non-hydrogen) atoms. The second-order valence-corrected chi connectivity index (χ2v) is 6.07. The van der Waals surface area contributed by atoms with E-state index >= 15 is 0 Å². The summed E-state index contributed by atoms with van der Waals surface area (Å²) in [6.45, 7) is 1.04. The van der Waals surface area contributed by atoms with E-state index in [0.717, 1.165) is 19.3 Å². The van der Waals surface area contributed by atoms with Crippen molar-refractivity contribution in [2.75, 3.05) is 18.0 Å². The van der Waals surface area contributed by atoms with Crippen LogP contribution in [0.3, 0.4) is 0 Å². The van der Waals surface area contributed by atoms with Crippen LogP contribution in [0.1, 0.15) is 32.1 Å². The number of hydrogen-bond donors (Lipinski definition) is 1. The molecule has 1 aliphatic heterocycles. The summed E-state index contributed by atoms with van der Waals surface area (Å²) >= 11 is 0. The molecule has 1 aliphatic carbocycles. The van der Waals surface area contributed by atoms with Gasteiger partial charge in [0.15, 0.2) is 11.6 Å². The first-order valence-electron chi connectivity index (χ1n) is 7.20. The molecule has 1 aromatic rings. The number of carboxylic acid groups (broad SMARTS) is 1. The van der Waals surface area contributed by atoms with Gasteiger partial charge in [-0.05, 0) is 37.3 Å². The fourth-order valence-corrected chi connectivity index (χ4v) is 3.23. The number of nitrogens with zero attached hydrogens (tertiary/aromatic N) is 2. The summed E-state index contributed by atoms with van der Waals surface area (Å²) in [5.74, 6) is -0.293. The Morgan fingerprint density at radius 1 is 1.55 bits per heavy atom. The van der Waals surface area contributed by atoms with E-state index in [1.807, 2.05) is 0 Å². The topological polar surface area (TPSA) is 53.4 Å². The number of piperidine rings is 1. The Labute approximate surface area is 117 Å². The second-order valence-electron chi connectivity index (χ2n) is 6.07. The van der Waals surface area contributed by atoms with Crippen LogP contribution >= 0.6 is 0 Å². The average Bonchev–Trinajstić information content (AvgIpc) is 3.23. The van der Waals surface area contributed by atoms with Crippen LogP contribution in [0.15, 0.2) is 18.3 Å². The molecule has 1 aromatic heterocycles. The van der Waals surface area contributed by atoms with E-state index in [-0.39, 0.29) is 11.6 Å². The molecule has 1 N–H and O–H groups in total. The maximum absolute atomic E-state index is 13.9. The van der Waals surface area contributed by atoms with E-state index in [1.165, 1.54) is 6.07 Å². The van der Waals surface area contributed by atoms with Gasteiger partial charge >= 0.3 is 5.97 Å². The zero-order chi connectivity index (χ0) is 14.2. The van der Waals surface area contributed by atoms with Gasteiger partial charge in [0.25, 0.3) is 0 Å². The van der Waals surface area contributed by atoms with Crippen LogP contribution in [0, 0.1) is 17.2 Å². The summed E-state index contributed by atoms with van der Waals surface area (Å²) in [5.41, 5.74) is -0.733. The lowest BCUT2D eigenvalue weighted by Crippen LogP contribution is -2.48. The summed E-state index contributed by atoms with van der Waals surface area (Å²) in [4.78, 5) is 17.6. The monoisotopic (exact) mass is 278 g/mol. The molecule has 0 spiro atoms. The van der Waals surface area contributed by atoms with Gasteiger partial charge < -0.3 is 10.0 Å². The molecule has 0 bridgehead atoms. The van der Waals surface area contributed by atoms with Crippen LogP contribution in [0.2, 0.25) is 0 Å². The molecule has 2 heterocycles. The highest BCUT2D eigenvalue weighted by atomic mass is 19.1. The fraction of sp³-hybridized carbons (Fsp3) is 0.600. The molecule has 1 saturated carbocycles. The van der Waals surface area contributed by atoms with Gasteiger partial charge in [-0.3, -0.25) is 4.79 Å². The predicted octanol–water partition coefficient (Wildman–Crippen LogP) is 2.69. The quantitative estimate of drug-likeness (QED) is 0.920. The normalized spacial score (nSPS) is 26.6. The third kappa shape index (κ3) is 2.49. The Balaban J connectivity index is 1.84. The van der Waals surface area contributed by atoms with Crippen LogP contribution in [0.25, 0.3) is 0 Å². The lowest BCUT2D eigenvalue weighted by atomic mass is 9.75. The number of anilines is 1. The number of carboxylic acids is 1. The van der Waals surface area contributed by atoms with E-state index < -0.39 is 11.4 Å². The number of rotatable bonds is 4. The number of pyridine rings is 1. The molecule has 5 heteroatoms. The van der Waals surface area contributed by atoms with Crippen LogP contribution in [0.5, 0.6) is 0 Å². The third-order valence-corrected chi connectivity index (χ3v) is 4.45. The van der Waals surface area contributed by atoms with E-state index in [2.05, 4.69) is 4.98 Å². The van der Waals surface area contributed by atoms with Gasteiger partial charge in [0.05, 0.1) is 5.41 Å². The molecule has 0 aromatic carbocycles. The standard InChI is InChI=1S/C15H19FN2O2/c16-12-3-1-7-17-13(12)18-8-2-6-15(10-18,14(19)20)9-11-4-5-11/h1,3,7,11H,2,4-6,8-10H2,(H,19,20)/t15-/m1/s1. The van der Waals surface area contributed by atoms with Crippen molar-refractivity contribution in [3.63, 3.8) is 0 Å². The van der Waals surface area contributed by atoms with Crippen molar-refractivity contribution in [1.82, 2.24) is 4.98 Å². The van der Waals surface area contributed by atoms with Gasteiger partial charge in [-0.2, -0.15) is 0 Å². The van der Waals surface area contributed by atoms with Crippen LogP contribution in [-0.2, 0) is 4.79 Å². The van der Waals surface area contributed by atoms with Crippen molar-refractivity contribution in [3.8, 4) is 0 Å². The van der Waals surface area contributed by atoms with Gasteiger partial charge in [0.2, 0.25) is 0 Å². The molecule has 2 aliphatic rings. The molecule has 1 atom stereocenters. The summed E-state index contributed by atoms with van der Waals surface area (Å²) in [6.07, 6.45) is 5.99. The third-order valence-electron chi connectivity index (χ3n) is 4.45. The fourth-order valence-electron chi connectivity index (χ4n) is 3.23. The highest BCUT2D eigenvalue weighted by Crippen LogP contribution is 2.45. The van der Waals surface area contributed by atoms with Crippen molar-refractivity contribution in [2.24, 2.45) is 11.3 Å². The second kappa shape index (κ2) is 5.04. The van der Waals surface area contributed by atoms with Crippen molar-refractivity contribution in [2.45, 2.75) is 32.1 Å². The zero-order valence-corrected chi connectivity index (χ0v) is 11.4. The van der Waals surface area contributed by atoms with Gasteiger partial charge in [-0.1, -0.05) is 12.8 Å². The molecule has 3 rings (SSSR count). The molecule has 108 valence electrons. The van der Waals surface area contributed by atoms with Crippen LogP contribution in [0.4, 0.5) is 10.2 Å². The molecule has 0 amide bonds. The Bertz CT molecular complexity index is 518. The summed E-state index contributed by atoms with van der Waals surface area (Å²) in [6, 6.07) is 2.93. The van der Waals surface area contributed by atoms with Gasteiger partial charge in [-0.25, -0.2) is 9.37 Å². The van der Waals surface area contributed by atoms with Crippen molar-refractivity contribution in [3.05, 3.63) is 24.1 Å². The first-order chi connectivity index (χ1) is 9.61. The molecule has 0 radical (unpaired) electrons. The molecule has 2 fully saturated rings. The lowest BCUT2D eigenvalue weighted by molar-refractivity contribution is -0.150. The Morgan fingerprint density at radius 2 is 2.35 bits per heavy atom. The number of hydrogen-bond acceptors (Lipinski definition) is 3. The smallest absolute Gasteiger partial charge is 0.311 e. The maximum Gasteiger partial charge on any atom is 0.311 e. The number of aromatic nitrogens is 1. The van der Waals surface area contributed by atoms with Crippen molar-refractivity contribution in [1.29, 1.82) is 0 Å². The number of carbonyl (C=O) groups is 1. The number of aliphatic carboxylic acids is 1. The summed E-state index contributed by atoms with van der Waals surface area (Å²) < 4.78 is 13.9. The minimum atomic E-state index is -0.745. The maximum atomic E-state index is 13.9.